The van der Waals surface area contributed by atoms with Crippen LogP contribution in [0.2, 0.25) is 0 Å². The number of esters is 1. The topological polar surface area (TPSA) is 68.7 Å². The minimum atomic E-state index is -0.480. The molecule has 0 bridgehead atoms. The van der Waals surface area contributed by atoms with Crippen LogP contribution in [0, 0.1) is 0 Å². The molecule has 0 saturated carbocycles. The number of nitrogens with zero attached hydrogens (tertiary/aromatic N) is 2. The van der Waals surface area contributed by atoms with Crippen molar-refractivity contribution in [3.8, 4) is 0 Å². The number of rotatable bonds is 3. The molecular formula is C14H18N2O4. The van der Waals surface area contributed by atoms with Crippen molar-refractivity contribution in [3.63, 3.8) is 0 Å². The zero-order valence-corrected chi connectivity index (χ0v) is 11.8. The number of pyridine rings is 1. The lowest BCUT2D eigenvalue weighted by molar-refractivity contribution is -0.00546. The molecule has 2 atom stereocenters. The quantitative estimate of drug-likeness (QED) is 0.613. The van der Waals surface area contributed by atoms with E-state index in [-0.39, 0.29) is 17.9 Å². The summed E-state index contributed by atoms with van der Waals surface area (Å²) in [7, 11) is 1.31. The van der Waals surface area contributed by atoms with Crippen LogP contribution in [0.4, 0.5) is 5.82 Å². The van der Waals surface area contributed by atoms with E-state index in [1.807, 2.05) is 18.7 Å². The highest BCUT2D eigenvalue weighted by Crippen LogP contribution is 2.20. The molecule has 1 aromatic heterocycles. The molecule has 1 fully saturated rings. The van der Waals surface area contributed by atoms with Gasteiger partial charge in [0, 0.05) is 13.1 Å². The number of hydrogen-bond donors (Lipinski definition) is 0. The smallest absolute Gasteiger partial charge is 0.338 e. The molecule has 108 valence electrons. The molecule has 0 aliphatic carbocycles. The van der Waals surface area contributed by atoms with Crippen molar-refractivity contribution in [1.82, 2.24) is 4.98 Å². The number of aldehydes is 1. The average molecular weight is 278 g/mol. The van der Waals surface area contributed by atoms with E-state index in [1.165, 1.54) is 13.2 Å². The second-order valence-corrected chi connectivity index (χ2v) is 4.91. The second-order valence-electron chi connectivity index (χ2n) is 4.91. The number of aromatic nitrogens is 1. The summed E-state index contributed by atoms with van der Waals surface area (Å²) < 4.78 is 10.4. The highest BCUT2D eigenvalue weighted by molar-refractivity contribution is 5.92. The lowest BCUT2D eigenvalue weighted by Crippen LogP contribution is -2.46. The van der Waals surface area contributed by atoms with Crippen molar-refractivity contribution in [3.05, 3.63) is 23.4 Å². The van der Waals surface area contributed by atoms with E-state index >= 15 is 0 Å². The van der Waals surface area contributed by atoms with Gasteiger partial charge in [-0.3, -0.25) is 4.79 Å². The van der Waals surface area contributed by atoms with Crippen molar-refractivity contribution in [2.75, 3.05) is 25.1 Å². The van der Waals surface area contributed by atoms with Gasteiger partial charge in [-0.2, -0.15) is 0 Å². The highest BCUT2D eigenvalue weighted by atomic mass is 16.5. The Hall–Kier alpha value is -1.95. The molecular weight excluding hydrogens is 260 g/mol. The van der Waals surface area contributed by atoms with Crippen molar-refractivity contribution in [2.24, 2.45) is 0 Å². The first-order valence-corrected chi connectivity index (χ1v) is 6.49. The van der Waals surface area contributed by atoms with Gasteiger partial charge in [-0.05, 0) is 26.0 Å². The van der Waals surface area contributed by atoms with Crippen LogP contribution in [-0.2, 0) is 9.47 Å². The Morgan fingerprint density at radius 2 is 2.05 bits per heavy atom. The first-order chi connectivity index (χ1) is 9.53. The summed E-state index contributed by atoms with van der Waals surface area (Å²) in [4.78, 5) is 28.9. The first kappa shape index (κ1) is 14.5. The third kappa shape index (κ3) is 3.14. The molecule has 20 heavy (non-hydrogen) atoms. The summed E-state index contributed by atoms with van der Waals surface area (Å²) in [5, 5.41) is 0. The van der Waals surface area contributed by atoms with Gasteiger partial charge < -0.3 is 14.4 Å². The van der Waals surface area contributed by atoms with Gasteiger partial charge in [0.15, 0.2) is 6.29 Å². The highest BCUT2D eigenvalue weighted by Gasteiger charge is 2.24. The van der Waals surface area contributed by atoms with Crippen LogP contribution in [0.15, 0.2) is 12.1 Å². The van der Waals surface area contributed by atoms with E-state index < -0.39 is 5.97 Å². The number of anilines is 1. The maximum atomic E-state index is 11.6. The number of hydrogen-bond acceptors (Lipinski definition) is 6. The Balaban J connectivity index is 2.35. The van der Waals surface area contributed by atoms with Crippen LogP contribution in [0.1, 0.15) is 34.7 Å². The molecule has 0 N–H and O–H groups in total. The number of morpholine rings is 1. The third-order valence-electron chi connectivity index (χ3n) is 3.12. The average Bonchev–Trinajstić information content (AvgIpc) is 2.44. The van der Waals surface area contributed by atoms with Gasteiger partial charge in [0.1, 0.15) is 11.5 Å². The predicted molar refractivity (Wildman–Crippen MR) is 73.2 cm³/mol. The number of ether oxygens (including phenoxy) is 2. The molecule has 0 radical (unpaired) electrons. The Morgan fingerprint density at radius 3 is 2.60 bits per heavy atom. The summed E-state index contributed by atoms with van der Waals surface area (Å²) in [6.45, 7) is 5.29. The van der Waals surface area contributed by atoms with E-state index in [1.54, 1.807) is 6.07 Å². The summed E-state index contributed by atoms with van der Waals surface area (Å²) in [6.07, 6.45) is 0.771. The molecule has 1 aliphatic heterocycles. The van der Waals surface area contributed by atoms with Gasteiger partial charge in [0.05, 0.1) is 24.9 Å². The number of carbonyl (C=O) groups excluding carboxylic acids is 2. The van der Waals surface area contributed by atoms with Crippen LogP contribution in [-0.4, -0.2) is 49.6 Å². The van der Waals surface area contributed by atoms with Gasteiger partial charge in [-0.15, -0.1) is 0 Å². The molecule has 1 aliphatic rings. The van der Waals surface area contributed by atoms with E-state index in [2.05, 4.69) is 4.98 Å². The van der Waals surface area contributed by atoms with E-state index in [4.69, 9.17) is 9.47 Å². The standard InChI is InChI=1S/C14H18N2O4/c1-9-6-16(7-10(2)20-9)13-5-11(14(18)19-3)4-12(8-17)15-13/h4-5,8-10H,6-7H2,1-3H3/t9-,10+. The normalized spacial score (nSPS) is 22.4. The van der Waals surface area contributed by atoms with Crippen LogP contribution < -0.4 is 4.90 Å². The molecule has 6 heteroatoms. The van der Waals surface area contributed by atoms with E-state index in [0.29, 0.717) is 30.8 Å². The largest absolute Gasteiger partial charge is 0.465 e. The van der Waals surface area contributed by atoms with Crippen molar-refractivity contribution in [1.29, 1.82) is 0 Å². The van der Waals surface area contributed by atoms with Gasteiger partial charge in [-0.1, -0.05) is 0 Å². The fourth-order valence-corrected chi connectivity index (χ4v) is 2.36. The van der Waals surface area contributed by atoms with Crippen LogP contribution in [0.25, 0.3) is 0 Å². The van der Waals surface area contributed by atoms with Crippen molar-refractivity contribution >= 4 is 18.1 Å². The van der Waals surface area contributed by atoms with Crippen molar-refractivity contribution in [2.45, 2.75) is 26.1 Å². The zero-order chi connectivity index (χ0) is 14.7. The summed E-state index contributed by atoms with van der Waals surface area (Å²) in [5.74, 6) is 0.114. The number of methoxy groups -OCH3 is 1. The molecule has 1 saturated heterocycles. The van der Waals surface area contributed by atoms with Gasteiger partial charge >= 0.3 is 5.97 Å². The molecule has 0 spiro atoms. The Kier molecular flexibility index (Phi) is 4.34. The van der Waals surface area contributed by atoms with Crippen LogP contribution >= 0.6 is 0 Å². The van der Waals surface area contributed by atoms with Gasteiger partial charge in [0.25, 0.3) is 0 Å². The Labute approximate surface area is 117 Å². The summed E-state index contributed by atoms with van der Waals surface area (Å²) in [6, 6.07) is 3.07. The molecule has 2 rings (SSSR count). The first-order valence-electron chi connectivity index (χ1n) is 6.49. The van der Waals surface area contributed by atoms with E-state index in [0.717, 1.165) is 0 Å². The fourth-order valence-electron chi connectivity index (χ4n) is 2.36. The molecule has 0 amide bonds. The predicted octanol–water partition coefficient (Wildman–Crippen LogP) is 1.29. The molecule has 0 unspecified atom stereocenters. The minimum absolute atomic E-state index is 0.0713. The Bertz CT molecular complexity index is 508. The minimum Gasteiger partial charge on any atom is -0.465 e. The lowest BCUT2D eigenvalue weighted by atomic mass is 10.2. The maximum absolute atomic E-state index is 11.6. The Morgan fingerprint density at radius 1 is 1.40 bits per heavy atom. The SMILES string of the molecule is COC(=O)c1cc(C=O)nc(N2C[C@@H](C)O[C@@H](C)C2)c1. The molecule has 0 aromatic carbocycles. The fraction of sp³-hybridized carbons (Fsp3) is 0.500. The van der Waals surface area contributed by atoms with Gasteiger partial charge in [-0.25, -0.2) is 9.78 Å². The molecule has 1 aromatic rings. The summed E-state index contributed by atoms with van der Waals surface area (Å²) in [5.41, 5.74) is 0.543. The third-order valence-corrected chi connectivity index (χ3v) is 3.12. The monoisotopic (exact) mass is 278 g/mol. The van der Waals surface area contributed by atoms with Gasteiger partial charge in [0.2, 0.25) is 0 Å². The zero-order valence-electron chi connectivity index (χ0n) is 11.8. The number of carbonyl (C=O) groups is 2. The van der Waals surface area contributed by atoms with Crippen LogP contribution in [0.3, 0.4) is 0 Å². The maximum Gasteiger partial charge on any atom is 0.338 e. The molecule has 2 heterocycles. The lowest BCUT2D eigenvalue weighted by Gasteiger charge is -2.36. The molecule has 6 nitrogen and oxygen atoms in total. The summed E-state index contributed by atoms with van der Waals surface area (Å²) >= 11 is 0. The second kappa shape index (κ2) is 6.00. The van der Waals surface area contributed by atoms with Crippen molar-refractivity contribution < 1.29 is 19.1 Å². The van der Waals surface area contributed by atoms with Crippen LogP contribution in [0.5, 0.6) is 0 Å². The van der Waals surface area contributed by atoms with E-state index in [9.17, 15) is 9.59 Å².